The topological polar surface area (TPSA) is 128 Å². The van der Waals surface area contributed by atoms with Crippen LogP contribution in [0.2, 0.25) is 0 Å². The number of ether oxygens (including phenoxy) is 1. The molecule has 0 bridgehead atoms. The first-order valence-electron chi connectivity index (χ1n) is 11.3. The molecule has 3 aromatic rings. The molecule has 0 saturated carbocycles. The lowest BCUT2D eigenvalue weighted by molar-refractivity contribution is -0.134. The zero-order valence-electron chi connectivity index (χ0n) is 19.6. The molecule has 0 spiro atoms. The van der Waals surface area contributed by atoms with E-state index in [0.717, 1.165) is 13.6 Å². The minimum atomic E-state index is -1.24. The monoisotopic (exact) mass is 717 g/mol. The van der Waals surface area contributed by atoms with Gasteiger partial charge >= 0.3 is 6.03 Å². The number of rotatable bonds is 10. The normalized spacial score (nSPS) is 16.8. The summed E-state index contributed by atoms with van der Waals surface area (Å²) in [6.45, 7) is -0.552. The summed E-state index contributed by atoms with van der Waals surface area (Å²) in [5.74, 6) is -1.56. The summed E-state index contributed by atoms with van der Waals surface area (Å²) in [5.41, 5.74) is 0.404. The summed E-state index contributed by atoms with van der Waals surface area (Å²) >= 11 is 6.69. The van der Waals surface area contributed by atoms with E-state index in [4.69, 9.17) is 9.84 Å². The molecule has 4 rings (SSSR count). The molecular weight excluding hydrogens is 696 g/mol. The molecule has 0 aliphatic carbocycles. The van der Waals surface area contributed by atoms with E-state index in [1.54, 1.807) is 42.5 Å². The summed E-state index contributed by atoms with van der Waals surface area (Å²) < 4.78 is 21.3. The number of carbonyl (C=O) groups excluding carboxylic acids is 3. The van der Waals surface area contributed by atoms with Crippen LogP contribution >= 0.6 is 49.9 Å². The number of aliphatic hydroxyl groups excluding tert-OH is 2. The maximum Gasteiger partial charge on any atom is 0.325 e. The Morgan fingerprint density at radius 1 is 1.21 bits per heavy atom. The van der Waals surface area contributed by atoms with Crippen molar-refractivity contribution in [1.29, 1.82) is 0 Å². The fourth-order valence-corrected chi connectivity index (χ4v) is 5.75. The lowest BCUT2D eigenvalue weighted by Crippen LogP contribution is -2.49. The van der Waals surface area contributed by atoms with Gasteiger partial charge in [-0.3, -0.25) is 9.59 Å². The van der Waals surface area contributed by atoms with Gasteiger partial charge in [0.05, 0.1) is 16.1 Å². The van der Waals surface area contributed by atoms with Crippen LogP contribution in [-0.2, 0) is 16.0 Å². The highest BCUT2D eigenvalue weighted by atomic mass is 127. The number of hydrogen-bond donors (Lipinski definition) is 4. The number of anilines is 1. The van der Waals surface area contributed by atoms with Gasteiger partial charge in [-0.05, 0) is 86.5 Å². The van der Waals surface area contributed by atoms with Gasteiger partial charge in [-0.25, -0.2) is 14.1 Å². The Labute approximate surface area is 243 Å². The van der Waals surface area contributed by atoms with Gasteiger partial charge in [-0.15, -0.1) is 11.3 Å². The first-order chi connectivity index (χ1) is 18.2. The van der Waals surface area contributed by atoms with Crippen molar-refractivity contribution in [3.05, 3.63) is 78.2 Å². The molecule has 9 nitrogen and oxygen atoms in total. The molecule has 2 aromatic carbocycles. The first kappa shape index (κ1) is 28.4. The van der Waals surface area contributed by atoms with Gasteiger partial charge < -0.3 is 25.6 Å². The van der Waals surface area contributed by atoms with E-state index in [1.165, 1.54) is 23.5 Å². The molecule has 4 amide bonds. The summed E-state index contributed by atoms with van der Waals surface area (Å²) in [6.07, 6.45) is -0.987. The van der Waals surface area contributed by atoms with E-state index in [0.29, 0.717) is 14.9 Å². The van der Waals surface area contributed by atoms with Crippen LogP contribution < -0.4 is 15.4 Å². The van der Waals surface area contributed by atoms with Crippen molar-refractivity contribution in [2.45, 2.75) is 24.6 Å². The fourth-order valence-electron chi connectivity index (χ4n) is 3.78. The van der Waals surface area contributed by atoms with E-state index in [-0.39, 0.29) is 18.7 Å². The average Bonchev–Trinajstić information content (AvgIpc) is 3.44. The Morgan fingerprint density at radius 3 is 2.58 bits per heavy atom. The molecule has 13 heteroatoms. The van der Waals surface area contributed by atoms with Gasteiger partial charge in [-0.2, -0.15) is 0 Å². The number of hydrogen-bond acceptors (Lipinski definition) is 7. The number of nitrogens with one attached hydrogen (secondary N) is 2. The van der Waals surface area contributed by atoms with Crippen LogP contribution in [0.4, 0.5) is 14.9 Å². The molecule has 38 heavy (non-hydrogen) atoms. The summed E-state index contributed by atoms with van der Waals surface area (Å²) in [5, 5.41) is 23.5. The van der Waals surface area contributed by atoms with Crippen molar-refractivity contribution in [3.8, 4) is 5.75 Å². The van der Waals surface area contributed by atoms with Gasteiger partial charge in [0.15, 0.2) is 0 Å². The number of amides is 4. The molecular formula is C25H22BrFIN3O6S. The predicted octanol–water partition coefficient (Wildman–Crippen LogP) is 3.83. The second kappa shape index (κ2) is 12.5. The zero-order valence-corrected chi connectivity index (χ0v) is 24.1. The molecule has 1 aromatic heterocycles. The Morgan fingerprint density at radius 2 is 1.95 bits per heavy atom. The summed E-state index contributed by atoms with van der Waals surface area (Å²) in [7, 11) is 0. The molecule has 0 radical (unpaired) electrons. The van der Waals surface area contributed by atoms with E-state index >= 15 is 0 Å². The van der Waals surface area contributed by atoms with Crippen molar-refractivity contribution < 1.29 is 33.7 Å². The van der Waals surface area contributed by atoms with Crippen LogP contribution in [0.1, 0.15) is 16.5 Å². The van der Waals surface area contributed by atoms with E-state index in [9.17, 15) is 23.9 Å². The SMILES string of the molecule is O=C(Nc1ccc(I)cc1F)[C@H](Cc1ccc(Br)s1)N1C(=O)N[C@H](c2ccc(OC[C@H](O)CO)cc2)C1=O. The molecule has 1 fully saturated rings. The molecule has 1 aliphatic rings. The van der Waals surface area contributed by atoms with Crippen molar-refractivity contribution in [1.82, 2.24) is 10.2 Å². The molecule has 0 unspecified atom stereocenters. The van der Waals surface area contributed by atoms with Gasteiger partial charge in [0.25, 0.3) is 5.91 Å². The number of aliphatic hydroxyl groups is 2. The maximum absolute atomic E-state index is 14.5. The standard InChI is InChI=1S/C25H22BrFIN3O6S/c26-21-8-6-17(38-21)10-20(23(34)29-19-7-3-14(28)9-18(19)27)31-24(35)22(30-25(31)36)13-1-4-16(5-2-13)37-12-15(33)11-32/h1-9,15,20,22,32-33H,10-12H2,(H,29,34)(H,30,36)/t15-,20+,22-/m1/s1. The molecule has 200 valence electrons. The van der Waals surface area contributed by atoms with Crippen LogP contribution in [0.15, 0.2) is 58.4 Å². The van der Waals surface area contributed by atoms with E-state index < -0.39 is 48.5 Å². The maximum atomic E-state index is 14.5. The quantitative estimate of drug-likeness (QED) is 0.187. The first-order valence-corrected chi connectivity index (χ1v) is 14.0. The van der Waals surface area contributed by atoms with Gasteiger partial charge in [0.2, 0.25) is 5.91 Å². The van der Waals surface area contributed by atoms with Crippen LogP contribution in [0.25, 0.3) is 0 Å². The number of nitrogens with zero attached hydrogens (tertiary/aromatic N) is 1. The van der Waals surface area contributed by atoms with Crippen LogP contribution in [0.3, 0.4) is 0 Å². The smallest absolute Gasteiger partial charge is 0.325 e. The van der Waals surface area contributed by atoms with Crippen LogP contribution in [0.5, 0.6) is 5.75 Å². The van der Waals surface area contributed by atoms with E-state index in [2.05, 4.69) is 26.6 Å². The number of carbonyl (C=O) groups is 3. The third-order valence-corrected chi connectivity index (χ3v) is 7.98. The Balaban J connectivity index is 1.56. The number of urea groups is 1. The lowest BCUT2D eigenvalue weighted by Gasteiger charge is -2.24. The third kappa shape index (κ3) is 6.69. The second-order valence-corrected chi connectivity index (χ2v) is 12.1. The van der Waals surface area contributed by atoms with E-state index in [1.807, 2.05) is 22.6 Å². The highest BCUT2D eigenvalue weighted by Gasteiger charge is 2.45. The summed E-state index contributed by atoms with van der Waals surface area (Å²) in [6, 6.07) is 11.2. The second-order valence-electron chi connectivity index (χ2n) is 8.35. The average molecular weight is 718 g/mol. The van der Waals surface area contributed by atoms with Crippen LogP contribution in [-0.4, -0.2) is 58.3 Å². The molecule has 2 heterocycles. The summed E-state index contributed by atoms with van der Waals surface area (Å²) in [4.78, 5) is 41.4. The molecule has 4 N–H and O–H groups in total. The molecule has 3 atom stereocenters. The minimum Gasteiger partial charge on any atom is -0.491 e. The zero-order chi connectivity index (χ0) is 27.4. The number of imide groups is 1. The highest BCUT2D eigenvalue weighted by Crippen LogP contribution is 2.30. The predicted molar refractivity (Wildman–Crippen MR) is 150 cm³/mol. The Kier molecular flexibility index (Phi) is 9.36. The third-order valence-electron chi connectivity index (χ3n) is 5.66. The lowest BCUT2D eigenvalue weighted by atomic mass is 10.1. The van der Waals surface area contributed by atoms with Crippen molar-refractivity contribution in [2.75, 3.05) is 18.5 Å². The number of benzene rings is 2. The Hall–Kier alpha value is -2.59. The Bertz CT molecular complexity index is 1340. The van der Waals surface area contributed by atoms with Gasteiger partial charge in [-0.1, -0.05) is 12.1 Å². The minimum absolute atomic E-state index is 0.0416. The van der Waals surface area contributed by atoms with Crippen molar-refractivity contribution in [3.63, 3.8) is 0 Å². The molecule has 1 saturated heterocycles. The fraction of sp³-hybridized carbons (Fsp3) is 0.240. The molecule has 1 aliphatic heterocycles. The van der Waals surface area contributed by atoms with Gasteiger partial charge in [0.1, 0.15) is 36.4 Å². The van der Waals surface area contributed by atoms with Crippen LogP contribution in [0, 0.1) is 9.39 Å². The van der Waals surface area contributed by atoms with Crippen molar-refractivity contribution in [2.24, 2.45) is 0 Å². The number of thiophene rings is 1. The van der Waals surface area contributed by atoms with Gasteiger partial charge in [0, 0.05) is 14.9 Å². The largest absolute Gasteiger partial charge is 0.491 e. The highest BCUT2D eigenvalue weighted by molar-refractivity contribution is 14.1. The van der Waals surface area contributed by atoms with Crippen molar-refractivity contribution >= 4 is 73.4 Å². The number of halogens is 3.